The van der Waals surface area contributed by atoms with Gasteiger partial charge in [-0.15, -0.1) is 0 Å². The zero-order valence-corrected chi connectivity index (χ0v) is 12.7. The number of benzene rings is 2. The second kappa shape index (κ2) is 6.89. The van der Waals surface area contributed by atoms with E-state index >= 15 is 0 Å². The van der Waals surface area contributed by atoms with Crippen LogP contribution in [0, 0.1) is 0 Å². The molecule has 1 N–H and O–H groups in total. The summed E-state index contributed by atoms with van der Waals surface area (Å²) in [7, 11) is 0. The summed E-state index contributed by atoms with van der Waals surface area (Å²) in [6, 6.07) is 13.6. The second-order valence-corrected chi connectivity index (χ2v) is 4.87. The molecule has 0 fully saturated rings. The van der Waals surface area contributed by atoms with Crippen molar-refractivity contribution in [1.29, 1.82) is 0 Å². The lowest BCUT2D eigenvalue weighted by Gasteiger charge is -2.23. The quantitative estimate of drug-likeness (QED) is 0.830. The lowest BCUT2D eigenvalue weighted by Crippen LogP contribution is -2.24. The number of carbonyl (C=O) groups is 2. The largest absolute Gasteiger partial charge is 0.478 e. The maximum Gasteiger partial charge on any atom is 0.336 e. The van der Waals surface area contributed by atoms with E-state index in [1.54, 1.807) is 30.3 Å². The molecular weight excluding hydrogens is 278 g/mol. The van der Waals surface area contributed by atoms with Crippen molar-refractivity contribution >= 4 is 17.4 Å². The molecule has 4 nitrogen and oxygen atoms in total. The highest BCUT2D eigenvalue weighted by Gasteiger charge is 2.20. The van der Waals surface area contributed by atoms with E-state index in [9.17, 15) is 14.7 Å². The van der Waals surface area contributed by atoms with Gasteiger partial charge in [0.05, 0.1) is 5.56 Å². The van der Waals surface area contributed by atoms with Gasteiger partial charge in [-0.3, -0.25) is 4.79 Å². The third-order valence-electron chi connectivity index (χ3n) is 3.65. The van der Waals surface area contributed by atoms with Gasteiger partial charge < -0.3 is 10.0 Å². The molecule has 4 heteroatoms. The van der Waals surface area contributed by atoms with Gasteiger partial charge in [0.2, 0.25) is 0 Å². The Hall–Kier alpha value is -2.62. The molecular formula is C18H19NO3. The molecule has 0 spiro atoms. The van der Waals surface area contributed by atoms with Crippen molar-refractivity contribution in [2.24, 2.45) is 0 Å². The van der Waals surface area contributed by atoms with E-state index in [4.69, 9.17) is 0 Å². The summed E-state index contributed by atoms with van der Waals surface area (Å²) >= 11 is 0. The number of rotatable bonds is 6. The molecule has 0 saturated carbocycles. The van der Waals surface area contributed by atoms with Crippen molar-refractivity contribution in [2.45, 2.75) is 13.8 Å². The fourth-order valence-electron chi connectivity index (χ4n) is 2.52. The third-order valence-corrected chi connectivity index (χ3v) is 3.65. The van der Waals surface area contributed by atoms with Crippen molar-refractivity contribution in [3.8, 4) is 0 Å². The molecule has 0 saturated heterocycles. The molecule has 0 atom stereocenters. The van der Waals surface area contributed by atoms with Crippen LogP contribution in [0.3, 0.4) is 0 Å². The number of ketones is 1. The van der Waals surface area contributed by atoms with E-state index in [0.717, 1.165) is 18.8 Å². The van der Waals surface area contributed by atoms with E-state index in [1.807, 2.05) is 26.0 Å². The highest BCUT2D eigenvalue weighted by molar-refractivity contribution is 6.16. The fourth-order valence-corrected chi connectivity index (χ4v) is 2.52. The molecule has 0 aromatic heterocycles. The number of anilines is 1. The molecule has 0 amide bonds. The topological polar surface area (TPSA) is 57.6 Å². The summed E-state index contributed by atoms with van der Waals surface area (Å²) < 4.78 is 0. The molecule has 2 aromatic rings. The average Bonchev–Trinajstić information content (AvgIpc) is 2.56. The number of carbonyl (C=O) groups excluding carboxylic acids is 1. The lowest BCUT2D eigenvalue weighted by atomic mass is 9.97. The standard InChI is InChI=1S/C18H19NO3/c1-3-19(4-2)16-12-8-7-11-15(16)17(20)13-9-5-6-10-14(13)18(21)22/h5-12H,3-4H2,1-2H3,(H,21,22). The van der Waals surface area contributed by atoms with Crippen molar-refractivity contribution in [3.63, 3.8) is 0 Å². The molecule has 0 aliphatic rings. The minimum absolute atomic E-state index is 0.0295. The number of hydrogen-bond acceptors (Lipinski definition) is 3. The van der Waals surface area contributed by atoms with Crippen LogP contribution in [-0.2, 0) is 0 Å². The van der Waals surface area contributed by atoms with Crippen LogP contribution < -0.4 is 4.90 Å². The minimum Gasteiger partial charge on any atom is -0.478 e. The summed E-state index contributed by atoms with van der Waals surface area (Å²) in [5, 5.41) is 9.27. The summed E-state index contributed by atoms with van der Waals surface area (Å²) in [4.78, 5) is 26.2. The second-order valence-electron chi connectivity index (χ2n) is 4.87. The molecule has 0 bridgehead atoms. The van der Waals surface area contributed by atoms with Gasteiger partial charge in [0.15, 0.2) is 5.78 Å². The minimum atomic E-state index is -1.09. The SMILES string of the molecule is CCN(CC)c1ccccc1C(=O)c1ccccc1C(=O)O. The molecule has 2 aromatic carbocycles. The summed E-state index contributed by atoms with van der Waals surface area (Å²) in [6.45, 7) is 5.61. The van der Waals surface area contributed by atoms with Gasteiger partial charge >= 0.3 is 5.97 Å². The van der Waals surface area contributed by atoms with E-state index in [-0.39, 0.29) is 16.9 Å². The fraction of sp³-hybridized carbons (Fsp3) is 0.222. The predicted molar refractivity (Wildman–Crippen MR) is 86.8 cm³/mol. The van der Waals surface area contributed by atoms with E-state index < -0.39 is 5.97 Å². The Morgan fingerprint density at radius 2 is 1.36 bits per heavy atom. The van der Waals surface area contributed by atoms with Crippen molar-refractivity contribution in [2.75, 3.05) is 18.0 Å². The van der Waals surface area contributed by atoms with Crippen LogP contribution in [0.25, 0.3) is 0 Å². The molecule has 0 heterocycles. The maximum atomic E-state index is 12.8. The molecule has 0 unspecified atom stereocenters. The van der Waals surface area contributed by atoms with Crippen LogP contribution >= 0.6 is 0 Å². The number of nitrogens with zero attached hydrogens (tertiary/aromatic N) is 1. The average molecular weight is 297 g/mol. The number of hydrogen-bond donors (Lipinski definition) is 1. The number of aromatic carboxylic acids is 1. The maximum absolute atomic E-state index is 12.8. The zero-order valence-electron chi connectivity index (χ0n) is 12.7. The summed E-state index contributed by atoms with van der Waals surface area (Å²) in [5.41, 5.74) is 1.61. The normalized spacial score (nSPS) is 10.3. The third kappa shape index (κ3) is 3.01. The van der Waals surface area contributed by atoms with Crippen LogP contribution in [0.15, 0.2) is 48.5 Å². The lowest BCUT2D eigenvalue weighted by molar-refractivity contribution is 0.0693. The van der Waals surface area contributed by atoms with Gasteiger partial charge in [-0.1, -0.05) is 30.3 Å². The molecule has 0 radical (unpaired) electrons. The van der Waals surface area contributed by atoms with Crippen LogP contribution in [0.1, 0.15) is 40.1 Å². The first kappa shape index (κ1) is 15.8. The van der Waals surface area contributed by atoms with Gasteiger partial charge in [0.25, 0.3) is 0 Å². The highest BCUT2D eigenvalue weighted by atomic mass is 16.4. The van der Waals surface area contributed by atoms with Gasteiger partial charge in [0.1, 0.15) is 0 Å². The van der Waals surface area contributed by atoms with Crippen LogP contribution in [0.4, 0.5) is 5.69 Å². The Morgan fingerprint density at radius 1 is 0.864 bits per heavy atom. The van der Waals surface area contributed by atoms with Crippen molar-refractivity contribution < 1.29 is 14.7 Å². The first-order valence-electron chi connectivity index (χ1n) is 7.31. The zero-order chi connectivity index (χ0) is 16.1. The molecule has 114 valence electrons. The van der Waals surface area contributed by atoms with Crippen LogP contribution in [0.5, 0.6) is 0 Å². The van der Waals surface area contributed by atoms with E-state index in [1.165, 1.54) is 6.07 Å². The van der Waals surface area contributed by atoms with Gasteiger partial charge in [-0.2, -0.15) is 0 Å². The van der Waals surface area contributed by atoms with Crippen molar-refractivity contribution in [3.05, 3.63) is 65.2 Å². The predicted octanol–water partition coefficient (Wildman–Crippen LogP) is 3.46. The Balaban J connectivity index is 2.54. The molecule has 22 heavy (non-hydrogen) atoms. The molecule has 2 rings (SSSR count). The van der Waals surface area contributed by atoms with E-state index in [0.29, 0.717) is 5.56 Å². The van der Waals surface area contributed by atoms with Crippen LogP contribution in [-0.4, -0.2) is 29.9 Å². The van der Waals surface area contributed by atoms with Crippen LogP contribution in [0.2, 0.25) is 0 Å². The van der Waals surface area contributed by atoms with Gasteiger partial charge in [0, 0.05) is 29.9 Å². The Labute approximate surface area is 130 Å². The monoisotopic (exact) mass is 297 g/mol. The smallest absolute Gasteiger partial charge is 0.336 e. The summed E-state index contributed by atoms with van der Waals surface area (Å²) in [5.74, 6) is -1.36. The Bertz CT molecular complexity index is 690. The van der Waals surface area contributed by atoms with Gasteiger partial charge in [-0.05, 0) is 32.0 Å². The Kier molecular flexibility index (Phi) is 4.94. The molecule has 0 aliphatic heterocycles. The number of carboxylic acids is 1. The first-order chi connectivity index (χ1) is 10.6. The van der Waals surface area contributed by atoms with Crippen molar-refractivity contribution in [1.82, 2.24) is 0 Å². The number of para-hydroxylation sites is 1. The first-order valence-corrected chi connectivity index (χ1v) is 7.31. The number of carboxylic acid groups (broad SMARTS) is 1. The Morgan fingerprint density at radius 3 is 1.91 bits per heavy atom. The summed E-state index contributed by atoms with van der Waals surface area (Å²) in [6.07, 6.45) is 0. The molecule has 0 aliphatic carbocycles. The highest BCUT2D eigenvalue weighted by Crippen LogP contribution is 2.24. The van der Waals surface area contributed by atoms with E-state index in [2.05, 4.69) is 4.90 Å². The van der Waals surface area contributed by atoms with Gasteiger partial charge in [-0.25, -0.2) is 4.79 Å².